The molecule has 0 bridgehead atoms. The highest BCUT2D eigenvalue weighted by atomic mass is 31.2. The van der Waals surface area contributed by atoms with Crippen molar-refractivity contribution in [2.24, 2.45) is 0 Å². The molecule has 5 heteroatoms. The van der Waals surface area contributed by atoms with Gasteiger partial charge in [0.1, 0.15) is 0 Å². The first-order valence-corrected chi connectivity index (χ1v) is 15.6. The number of benzene rings is 2. The van der Waals surface area contributed by atoms with Crippen LogP contribution in [0.4, 0.5) is 8.78 Å². The molecule has 2 aromatic carbocycles. The van der Waals surface area contributed by atoms with E-state index in [1.807, 2.05) is 0 Å². The van der Waals surface area contributed by atoms with E-state index in [-0.39, 0.29) is 19.3 Å². The first kappa shape index (κ1) is 27.8. The molecule has 0 unspecified atom stereocenters. The minimum atomic E-state index is -2.51. The molecule has 192 valence electrons. The summed E-state index contributed by atoms with van der Waals surface area (Å²) in [7, 11) is -1.80. The first-order chi connectivity index (χ1) is 16.9. The van der Waals surface area contributed by atoms with Gasteiger partial charge in [0.05, 0.1) is 29.7 Å². The van der Waals surface area contributed by atoms with E-state index in [0.717, 1.165) is 31.8 Å². The Morgan fingerprint density at radius 1 is 0.743 bits per heavy atom. The Balaban J connectivity index is 1.61. The van der Waals surface area contributed by atoms with Gasteiger partial charge in [-0.15, -0.1) is 0 Å². The summed E-state index contributed by atoms with van der Waals surface area (Å²) in [5.74, 6) is -3.20. The predicted molar refractivity (Wildman–Crippen MR) is 145 cm³/mol. The van der Waals surface area contributed by atoms with Gasteiger partial charge in [0.15, 0.2) is 0 Å². The van der Waals surface area contributed by atoms with Crippen LogP contribution in [0.2, 0.25) is 0 Å². The van der Waals surface area contributed by atoms with E-state index in [2.05, 4.69) is 60.7 Å². The molecule has 0 atom stereocenters. The number of aliphatic carboxylic acids is 1. The summed E-state index contributed by atoms with van der Waals surface area (Å²) in [6.45, 7) is 0. The van der Waals surface area contributed by atoms with Gasteiger partial charge in [-0.25, -0.2) is 8.78 Å². The quantitative estimate of drug-likeness (QED) is 0.196. The van der Waals surface area contributed by atoms with Crippen LogP contribution >= 0.6 is 7.26 Å². The van der Waals surface area contributed by atoms with Crippen LogP contribution in [-0.4, -0.2) is 28.8 Å². The number of carboxylic acid groups (broad SMARTS) is 1. The maximum Gasteiger partial charge on any atom is 0.303 e. The average molecular weight is 504 g/mol. The predicted octanol–water partition coefficient (Wildman–Crippen LogP) is 8.22. The normalized spacial score (nSPS) is 16.3. The molecule has 0 aliphatic heterocycles. The maximum absolute atomic E-state index is 14.1. The monoisotopic (exact) mass is 503 g/mol. The van der Waals surface area contributed by atoms with Gasteiger partial charge in [0.25, 0.3) is 0 Å². The Bertz CT molecular complexity index is 823. The van der Waals surface area contributed by atoms with E-state index in [1.54, 1.807) is 0 Å². The molecule has 0 saturated heterocycles. The fourth-order valence-corrected chi connectivity index (χ4v) is 11.0. The van der Waals surface area contributed by atoms with E-state index in [0.29, 0.717) is 18.5 Å². The molecule has 1 N–H and O–H groups in total. The highest BCUT2D eigenvalue weighted by Gasteiger charge is 2.52. The molecule has 0 amide bonds. The minimum absolute atomic E-state index is 0.0194. The summed E-state index contributed by atoms with van der Waals surface area (Å²) in [6.07, 6.45) is 12.7. The number of halogens is 2. The Kier molecular flexibility index (Phi) is 11.2. The highest BCUT2D eigenvalue weighted by molar-refractivity contribution is 7.90. The van der Waals surface area contributed by atoms with Crippen LogP contribution in [0.1, 0.15) is 89.9 Å². The average Bonchev–Trinajstić information content (AvgIpc) is 2.86. The van der Waals surface area contributed by atoms with Crippen molar-refractivity contribution in [1.29, 1.82) is 0 Å². The van der Waals surface area contributed by atoms with Gasteiger partial charge in [0.2, 0.25) is 5.92 Å². The summed E-state index contributed by atoms with van der Waals surface area (Å²) < 4.78 is 28.2. The summed E-state index contributed by atoms with van der Waals surface area (Å²) in [5, 5.41) is 11.5. The maximum atomic E-state index is 14.1. The van der Waals surface area contributed by atoms with E-state index in [1.165, 1.54) is 42.7 Å². The second-order valence-corrected chi connectivity index (χ2v) is 14.1. The van der Waals surface area contributed by atoms with Gasteiger partial charge in [0, 0.05) is 19.3 Å². The summed E-state index contributed by atoms with van der Waals surface area (Å²) >= 11 is 0. The molecule has 0 aromatic heterocycles. The number of rotatable bonds is 15. The lowest BCUT2D eigenvalue weighted by atomic mass is 9.96. The van der Waals surface area contributed by atoms with Crippen LogP contribution in [0, 0.1) is 0 Å². The number of unbranched alkanes of at least 4 members (excludes halogenated alkanes) is 8. The van der Waals surface area contributed by atoms with E-state index in [9.17, 15) is 13.6 Å². The third-order valence-electron chi connectivity index (χ3n) is 7.65. The molecule has 3 rings (SSSR count). The van der Waals surface area contributed by atoms with Crippen molar-refractivity contribution >= 4 is 23.8 Å². The number of alkyl halides is 2. The van der Waals surface area contributed by atoms with E-state index in [4.69, 9.17) is 5.11 Å². The van der Waals surface area contributed by atoms with E-state index < -0.39 is 19.2 Å². The van der Waals surface area contributed by atoms with Crippen LogP contribution in [0.15, 0.2) is 60.7 Å². The van der Waals surface area contributed by atoms with Crippen molar-refractivity contribution in [3.05, 3.63) is 60.7 Å². The number of carbonyl (C=O) groups is 1. The number of carboxylic acids is 1. The molecule has 1 fully saturated rings. The van der Waals surface area contributed by atoms with Crippen molar-refractivity contribution in [3.63, 3.8) is 0 Å². The fourth-order valence-electron chi connectivity index (χ4n) is 5.74. The molecule has 2 nitrogen and oxygen atoms in total. The molecule has 0 spiro atoms. The van der Waals surface area contributed by atoms with Crippen molar-refractivity contribution in [3.8, 4) is 0 Å². The van der Waals surface area contributed by atoms with Gasteiger partial charge in [-0.2, -0.15) is 0 Å². The Labute approximate surface area is 210 Å². The van der Waals surface area contributed by atoms with Crippen molar-refractivity contribution < 1.29 is 18.7 Å². The second kappa shape index (κ2) is 14.1. The lowest BCUT2D eigenvalue weighted by Crippen LogP contribution is -2.38. The molecular weight excluding hydrogens is 461 g/mol. The second-order valence-electron chi connectivity index (χ2n) is 10.2. The third kappa shape index (κ3) is 8.38. The smallest absolute Gasteiger partial charge is 0.303 e. The Morgan fingerprint density at radius 2 is 1.17 bits per heavy atom. The van der Waals surface area contributed by atoms with Crippen molar-refractivity contribution in [2.45, 2.75) is 101 Å². The SMILES string of the molecule is O=C(O)CCCCCCCCCCC[P+](c1ccccc1)(c1ccccc1)C1CCC(F)(F)CC1. The molecule has 2 aromatic rings. The first-order valence-electron chi connectivity index (χ1n) is 13.5. The largest absolute Gasteiger partial charge is 0.481 e. The standard InChI is InChI=1S/C30H41F2O2P/c31-30(32)23-21-28(22-24-30)35(26-16-10-8-11-17-26,27-18-12-9-13-19-27)25-15-7-5-3-1-2-4-6-14-20-29(33)34/h8-13,16-19,28H,1-7,14-15,20-25H2/p+1. The lowest BCUT2D eigenvalue weighted by Gasteiger charge is -2.38. The highest BCUT2D eigenvalue weighted by Crippen LogP contribution is 2.65. The topological polar surface area (TPSA) is 37.3 Å². The molecule has 0 heterocycles. The number of hydrogen-bond donors (Lipinski definition) is 1. The zero-order chi connectivity index (χ0) is 25.0. The van der Waals surface area contributed by atoms with Gasteiger partial charge < -0.3 is 5.11 Å². The summed E-state index contributed by atoms with van der Waals surface area (Å²) in [5.41, 5.74) is 0.331. The van der Waals surface area contributed by atoms with Crippen LogP contribution < -0.4 is 10.6 Å². The number of hydrogen-bond acceptors (Lipinski definition) is 1. The van der Waals surface area contributed by atoms with Crippen LogP contribution in [0.3, 0.4) is 0 Å². The van der Waals surface area contributed by atoms with Crippen LogP contribution in [0.25, 0.3) is 0 Å². The third-order valence-corrected chi connectivity index (χ3v) is 12.9. The van der Waals surface area contributed by atoms with Crippen LogP contribution in [-0.2, 0) is 4.79 Å². The Hall–Kier alpha value is -1.80. The zero-order valence-electron chi connectivity index (χ0n) is 21.0. The van der Waals surface area contributed by atoms with Crippen molar-refractivity contribution in [1.82, 2.24) is 0 Å². The van der Waals surface area contributed by atoms with Gasteiger partial charge in [-0.1, -0.05) is 74.9 Å². The molecule has 1 aliphatic carbocycles. The fraction of sp³-hybridized carbons (Fsp3) is 0.567. The van der Waals surface area contributed by atoms with Crippen LogP contribution in [0.5, 0.6) is 0 Å². The molecule has 1 saturated carbocycles. The summed E-state index contributed by atoms with van der Waals surface area (Å²) in [6, 6.07) is 21.6. The summed E-state index contributed by atoms with van der Waals surface area (Å²) in [4.78, 5) is 10.6. The molecule has 0 radical (unpaired) electrons. The van der Waals surface area contributed by atoms with Gasteiger partial charge >= 0.3 is 5.97 Å². The molecule has 1 aliphatic rings. The lowest BCUT2D eigenvalue weighted by molar-refractivity contribution is -0.137. The Morgan fingerprint density at radius 3 is 1.63 bits per heavy atom. The van der Waals surface area contributed by atoms with Gasteiger partial charge in [-0.05, 0) is 56.4 Å². The molecule has 35 heavy (non-hydrogen) atoms. The molecular formula is C30H42F2O2P+. The van der Waals surface area contributed by atoms with Gasteiger partial charge in [-0.3, -0.25) is 4.79 Å². The van der Waals surface area contributed by atoms with E-state index >= 15 is 0 Å². The minimum Gasteiger partial charge on any atom is -0.481 e. The van der Waals surface area contributed by atoms with Crippen molar-refractivity contribution in [2.75, 3.05) is 6.16 Å². The zero-order valence-corrected chi connectivity index (χ0v) is 21.9.